The number of amides is 3. The van der Waals surface area contributed by atoms with Gasteiger partial charge < -0.3 is 9.64 Å². The molecule has 7 heteroatoms. The Morgan fingerprint density at radius 2 is 1.71 bits per heavy atom. The van der Waals surface area contributed by atoms with Crippen molar-refractivity contribution in [2.24, 2.45) is 5.92 Å². The lowest BCUT2D eigenvalue weighted by Crippen LogP contribution is -2.40. The van der Waals surface area contributed by atoms with Gasteiger partial charge in [0, 0.05) is 37.6 Å². The standard InChI is InChI=1S/C24H24N2O5/c1-15-9-10-20(16(2)11-15)25-14-17(12-23(25)29)24(30)31-19-6-3-5-18(13-19)26-21(27)7-4-8-22(26)28/h3,5-6,9-11,13,17H,4,7-8,12,14H2,1-2H3/t17-/m1/s1. The van der Waals surface area contributed by atoms with Crippen LogP contribution in [0.5, 0.6) is 5.75 Å². The molecule has 0 spiro atoms. The van der Waals surface area contributed by atoms with Gasteiger partial charge in [-0.3, -0.25) is 24.1 Å². The molecular weight excluding hydrogens is 396 g/mol. The van der Waals surface area contributed by atoms with Crippen LogP contribution >= 0.6 is 0 Å². The van der Waals surface area contributed by atoms with Crippen molar-refractivity contribution < 1.29 is 23.9 Å². The van der Waals surface area contributed by atoms with Crippen molar-refractivity contribution in [3.63, 3.8) is 0 Å². The van der Waals surface area contributed by atoms with Crippen molar-refractivity contribution in [1.82, 2.24) is 0 Å². The second kappa shape index (κ2) is 8.34. The first-order valence-electron chi connectivity index (χ1n) is 10.4. The van der Waals surface area contributed by atoms with Crippen molar-refractivity contribution in [2.75, 3.05) is 16.3 Å². The number of anilines is 2. The second-order valence-corrected chi connectivity index (χ2v) is 8.09. The third-order valence-electron chi connectivity index (χ3n) is 5.68. The summed E-state index contributed by atoms with van der Waals surface area (Å²) in [5.41, 5.74) is 3.27. The van der Waals surface area contributed by atoms with Crippen molar-refractivity contribution >= 4 is 35.1 Å². The third kappa shape index (κ3) is 4.21. The molecule has 2 aliphatic rings. The number of imide groups is 1. The van der Waals surface area contributed by atoms with E-state index in [2.05, 4.69) is 0 Å². The number of benzene rings is 2. The highest BCUT2D eigenvalue weighted by molar-refractivity contribution is 6.16. The Kier molecular flexibility index (Phi) is 5.59. The third-order valence-corrected chi connectivity index (χ3v) is 5.68. The number of carbonyl (C=O) groups is 4. The van der Waals surface area contributed by atoms with E-state index in [0.717, 1.165) is 21.7 Å². The van der Waals surface area contributed by atoms with Crippen LogP contribution in [0.15, 0.2) is 42.5 Å². The molecule has 0 N–H and O–H groups in total. The van der Waals surface area contributed by atoms with Crippen LogP contribution in [-0.4, -0.2) is 30.2 Å². The van der Waals surface area contributed by atoms with Gasteiger partial charge in [-0.2, -0.15) is 0 Å². The first-order chi connectivity index (χ1) is 14.8. The van der Waals surface area contributed by atoms with Crippen LogP contribution in [0, 0.1) is 19.8 Å². The normalized spacial score (nSPS) is 19.2. The minimum atomic E-state index is -0.588. The van der Waals surface area contributed by atoms with E-state index in [-0.39, 0.29) is 36.4 Å². The first-order valence-corrected chi connectivity index (χ1v) is 10.4. The number of aryl methyl sites for hydroxylation is 2. The van der Waals surface area contributed by atoms with Gasteiger partial charge in [-0.15, -0.1) is 0 Å². The molecule has 31 heavy (non-hydrogen) atoms. The molecule has 2 aromatic rings. The molecule has 2 aromatic carbocycles. The molecule has 0 aliphatic carbocycles. The monoisotopic (exact) mass is 420 g/mol. The van der Waals surface area contributed by atoms with Gasteiger partial charge in [0.1, 0.15) is 5.75 Å². The van der Waals surface area contributed by atoms with Crippen molar-refractivity contribution in [1.29, 1.82) is 0 Å². The lowest BCUT2D eigenvalue weighted by atomic mass is 10.1. The topological polar surface area (TPSA) is 84.0 Å². The van der Waals surface area contributed by atoms with Crippen LogP contribution in [0.3, 0.4) is 0 Å². The molecule has 3 amide bonds. The summed E-state index contributed by atoms with van der Waals surface area (Å²) < 4.78 is 5.52. The van der Waals surface area contributed by atoms with E-state index in [1.54, 1.807) is 23.1 Å². The van der Waals surface area contributed by atoms with Gasteiger partial charge in [0.15, 0.2) is 0 Å². The Morgan fingerprint density at radius 3 is 2.42 bits per heavy atom. The summed E-state index contributed by atoms with van der Waals surface area (Å²) in [5, 5.41) is 0. The van der Waals surface area contributed by atoms with E-state index in [1.807, 2.05) is 32.0 Å². The zero-order valence-corrected chi connectivity index (χ0v) is 17.6. The number of rotatable bonds is 4. The Hall–Kier alpha value is -3.48. The number of nitrogens with zero attached hydrogens (tertiary/aromatic N) is 2. The molecule has 7 nitrogen and oxygen atoms in total. The number of carbonyl (C=O) groups excluding carboxylic acids is 4. The molecule has 2 saturated heterocycles. The minimum Gasteiger partial charge on any atom is -0.426 e. The van der Waals surface area contributed by atoms with E-state index in [9.17, 15) is 19.2 Å². The van der Waals surface area contributed by atoms with Gasteiger partial charge in [0.2, 0.25) is 17.7 Å². The predicted molar refractivity (Wildman–Crippen MR) is 115 cm³/mol. The number of piperidine rings is 1. The lowest BCUT2D eigenvalue weighted by molar-refractivity contribution is -0.139. The van der Waals surface area contributed by atoms with Crippen molar-refractivity contribution in [2.45, 2.75) is 39.5 Å². The maximum atomic E-state index is 12.7. The van der Waals surface area contributed by atoms with Crippen LogP contribution in [0.4, 0.5) is 11.4 Å². The van der Waals surface area contributed by atoms with E-state index >= 15 is 0 Å². The van der Waals surface area contributed by atoms with Crippen LogP contribution in [0.2, 0.25) is 0 Å². The van der Waals surface area contributed by atoms with E-state index < -0.39 is 11.9 Å². The fourth-order valence-electron chi connectivity index (χ4n) is 4.13. The van der Waals surface area contributed by atoms with Crippen molar-refractivity contribution in [3.8, 4) is 5.75 Å². The average molecular weight is 420 g/mol. The van der Waals surface area contributed by atoms with Gasteiger partial charge in [0.05, 0.1) is 11.6 Å². The largest absolute Gasteiger partial charge is 0.426 e. The maximum Gasteiger partial charge on any atom is 0.316 e. The van der Waals surface area contributed by atoms with Gasteiger partial charge in [0.25, 0.3) is 0 Å². The number of esters is 1. The molecule has 0 radical (unpaired) electrons. The van der Waals surface area contributed by atoms with Crippen LogP contribution in [0.25, 0.3) is 0 Å². The van der Waals surface area contributed by atoms with Crippen molar-refractivity contribution in [3.05, 3.63) is 53.6 Å². The summed E-state index contributed by atoms with van der Waals surface area (Å²) in [6, 6.07) is 12.2. The summed E-state index contributed by atoms with van der Waals surface area (Å²) in [4.78, 5) is 52.4. The van der Waals surface area contributed by atoms with Gasteiger partial charge in [-0.05, 0) is 44.0 Å². The molecule has 0 bridgehead atoms. The maximum absolute atomic E-state index is 12.7. The Morgan fingerprint density at radius 1 is 0.968 bits per heavy atom. The smallest absolute Gasteiger partial charge is 0.316 e. The molecule has 2 aliphatic heterocycles. The Labute approximate surface area is 180 Å². The molecule has 4 rings (SSSR count). The predicted octanol–water partition coefficient (Wildman–Crippen LogP) is 3.31. The quantitative estimate of drug-likeness (QED) is 0.431. The average Bonchev–Trinajstić information content (AvgIpc) is 3.10. The summed E-state index contributed by atoms with van der Waals surface area (Å²) in [7, 11) is 0. The number of ether oxygens (including phenoxy) is 1. The molecule has 2 heterocycles. The summed E-state index contributed by atoms with van der Waals surface area (Å²) in [6.45, 7) is 4.18. The second-order valence-electron chi connectivity index (χ2n) is 8.09. The highest BCUT2D eigenvalue weighted by Crippen LogP contribution is 2.30. The lowest BCUT2D eigenvalue weighted by Gasteiger charge is -2.25. The molecular formula is C24H24N2O5. The van der Waals surface area contributed by atoms with Crippen LogP contribution in [0.1, 0.15) is 36.8 Å². The van der Waals surface area contributed by atoms with E-state index in [0.29, 0.717) is 24.9 Å². The van der Waals surface area contributed by atoms with Crippen LogP contribution in [-0.2, 0) is 19.2 Å². The van der Waals surface area contributed by atoms with E-state index in [4.69, 9.17) is 4.74 Å². The fourth-order valence-corrected chi connectivity index (χ4v) is 4.13. The molecule has 160 valence electrons. The molecule has 0 saturated carbocycles. The highest BCUT2D eigenvalue weighted by Gasteiger charge is 2.37. The number of hydrogen-bond donors (Lipinski definition) is 0. The minimum absolute atomic E-state index is 0.0783. The molecule has 1 atom stereocenters. The SMILES string of the molecule is Cc1ccc(N2C[C@H](C(=O)Oc3cccc(N4C(=O)CCCC4=O)c3)CC2=O)c(C)c1. The number of hydrogen-bond acceptors (Lipinski definition) is 5. The van der Waals surface area contributed by atoms with Gasteiger partial charge in [-0.25, -0.2) is 0 Å². The Balaban J connectivity index is 1.47. The zero-order valence-electron chi connectivity index (χ0n) is 17.6. The summed E-state index contributed by atoms with van der Waals surface area (Å²) >= 11 is 0. The zero-order chi connectivity index (χ0) is 22.1. The molecule has 2 fully saturated rings. The van der Waals surface area contributed by atoms with Crippen LogP contribution < -0.4 is 14.5 Å². The first kappa shape index (κ1) is 20.8. The molecule has 0 unspecified atom stereocenters. The van der Waals surface area contributed by atoms with E-state index in [1.165, 1.54) is 6.07 Å². The molecule has 0 aromatic heterocycles. The summed E-state index contributed by atoms with van der Waals surface area (Å²) in [5.74, 6) is -1.49. The summed E-state index contributed by atoms with van der Waals surface area (Å²) in [6.07, 6.45) is 1.26. The van der Waals surface area contributed by atoms with Gasteiger partial charge >= 0.3 is 5.97 Å². The highest BCUT2D eigenvalue weighted by atomic mass is 16.5. The fraction of sp³-hybridized carbons (Fsp3) is 0.333. The Bertz CT molecular complexity index is 1060. The van der Waals surface area contributed by atoms with Gasteiger partial charge in [-0.1, -0.05) is 23.8 Å².